The molecule has 21 heavy (non-hydrogen) atoms. The maximum absolute atomic E-state index is 11.9. The molecule has 0 saturated carbocycles. The Morgan fingerprint density at radius 2 is 2.29 bits per heavy atom. The molecule has 2 heterocycles. The smallest absolute Gasteiger partial charge is 0.325 e. The van der Waals surface area contributed by atoms with Gasteiger partial charge in [-0.1, -0.05) is 6.92 Å². The molecule has 0 aliphatic heterocycles. The maximum Gasteiger partial charge on any atom is 0.325 e. The number of carbonyl (C=O) groups is 1. The van der Waals surface area contributed by atoms with Gasteiger partial charge in [-0.05, 0) is 19.9 Å². The molecule has 1 unspecified atom stereocenters. The summed E-state index contributed by atoms with van der Waals surface area (Å²) in [5, 5.41) is 4.02. The third-order valence-corrected chi connectivity index (χ3v) is 4.22. The van der Waals surface area contributed by atoms with Gasteiger partial charge >= 0.3 is 5.97 Å². The summed E-state index contributed by atoms with van der Waals surface area (Å²) in [6.07, 6.45) is 3.73. The predicted octanol–water partition coefficient (Wildman–Crippen LogP) is 1.38. The van der Waals surface area contributed by atoms with Gasteiger partial charge in [-0.25, -0.2) is 15.0 Å². The zero-order chi connectivity index (χ0) is 15.3. The van der Waals surface area contributed by atoms with E-state index in [1.54, 1.807) is 18.1 Å². The van der Waals surface area contributed by atoms with Crippen molar-refractivity contribution >= 4 is 28.9 Å². The summed E-state index contributed by atoms with van der Waals surface area (Å²) in [6, 6.07) is 0. The second-order valence-corrected chi connectivity index (χ2v) is 5.82. The zero-order valence-corrected chi connectivity index (χ0v) is 13.2. The van der Waals surface area contributed by atoms with Crippen LogP contribution in [0.4, 0.5) is 0 Å². The number of nitrogens with zero attached hydrogens (tertiary/aromatic N) is 3. The SMILES string of the molecule is CCNC(C)(CCSc1ncnc2nc[nH]c12)C(=O)OC. The van der Waals surface area contributed by atoms with Gasteiger partial charge in [-0.15, -0.1) is 11.8 Å². The standard InChI is InChI=1S/C13H19N5O2S/c1-4-18-13(2,12(19)20-3)5-6-21-11-9-10(15-7-14-9)16-8-17-11/h7-8,18H,4-6H2,1-3H3,(H,14,15,16,17). The van der Waals surface area contributed by atoms with Gasteiger partial charge in [0.2, 0.25) is 0 Å². The number of ether oxygens (including phenoxy) is 1. The highest BCUT2D eigenvalue weighted by Gasteiger charge is 2.32. The quantitative estimate of drug-likeness (QED) is 0.453. The van der Waals surface area contributed by atoms with Gasteiger partial charge in [0.25, 0.3) is 0 Å². The fourth-order valence-electron chi connectivity index (χ4n) is 2.08. The Morgan fingerprint density at radius 3 is 3.00 bits per heavy atom. The Bertz CT molecular complexity index is 617. The second kappa shape index (κ2) is 6.86. The number of methoxy groups -OCH3 is 1. The average Bonchev–Trinajstić information content (AvgIpc) is 2.96. The summed E-state index contributed by atoms with van der Waals surface area (Å²) in [7, 11) is 1.41. The Labute approximate surface area is 127 Å². The van der Waals surface area contributed by atoms with Gasteiger partial charge < -0.3 is 15.0 Å². The number of likely N-dealkylation sites (N-methyl/N-ethyl adjacent to an activating group) is 1. The van der Waals surface area contributed by atoms with E-state index in [4.69, 9.17) is 4.74 Å². The number of esters is 1. The van der Waals surface area contributed by atoms with Gasteiger partial charge in [-0.2, -0.15) is 0 Å². The van der Waals surface area contributed by atoms with Crippen LogP contribution >= 0.6 is 11.8 Å². The summed E-state index contributed by atoms with van der Waals surface area (Å²) in [5.41, 5.74) is 0.789. The fraction of sp³-hybridized carbons (Fsp3) is 0.538. The second-order valence-electron chi connectivity index (χ2n) is 4.73. The van der Waals surface area contributed by atoms with Crippen LogP contribution in [0.25, 0.3) is 11.2 Å². The first-order chi connectivity index (χ1) is 10.1. The fourth-order valence-corrected chi connectivity index (χ4v) is 3.20. The van der Waals surface area contributed by atoms with Gasteiger partial charge in [0, 0.05) is 5.75 Å². The van der Waals surface area contributed by atoms with Crippen molar-refractivity contribution in [3.63, 3.8) is 0 Å². The van der Waals surface area contributed by atoms with E-state index in [0.717, 1.165) is 16.3 Å². The number of aromatic amines is 1. The lowest BCUT2D eigenvalue weighted by Crippen LogP contribution is -2.50. The minimum Gasteiger partial charge on any atom is -0.468 e. The third-order valence-electron chi connectivity index (χ3n) is 3.23. The molecule has 0 spiro atoms. The minimum atomic E-state index is -0.684. The van der Waals surface area contributed by atoms with E-state index < -0.39 is 5.54 Å². The van der Waals surface area contributed by atoms with Gasteiger partial charge in [0.1, 0.15) is 22.4 Å². The molecule has 0 saturated heterocycles. The van der Waals surface area contributed by atoms with E-state index in [0.29, 0.717) is 18.6 Å². The van der Waals surface area contributed by atoms with E-state index >= 15 is 0 Å². The number of rotatable bonds is 7. The monoisotopic (exact) mass is 309 g/mol. The van der Waals surface area contributed by atoms with Crippen molar-refractivity contribution in [2.24, 2.45) is 0 Å². The molecule has 0 amide bonds. The molecule has 1 atom stereocenters. The molecule has 2 aromatic rings. The molecule has 8 heteroatoms. The number of nitrogens with one attached hydrogen (secondary N) is 2. The van der Waals surface area contributed by atoms with Crippen LogP contribution in [0.3, 0.4) is 0 Å². The van der Waals surface area contributed by atoms with Crippen LogP contribution in [0.5, 0.6) is 0 Å². The van der Waals surface area contributed by atoms with Crippen LogP contribution < -0.4 is 5.32 Å². The number of H-pyrrole nitrogens is 1. The molecule has 0 aliphatic carbocycles. The summed E-state index contributed by atoms with van der Waals surface area (Å²) in [4.78, 5) is 27.4. The molecular weight excluding hydrogens is 290 g/mol. The molecule has 2 aromatic heterocycles. The molecule has 0 bridgehead atoms. The van der Waals surface area contributed by atoms with E-state index in [1.165, 1.54) is 13.4 Å². The third kappa shape index (κ3) is 3.51. The molecule has 7 nitrogen and oxygen atoms in total. The van der Waals surface area contributed by atoms with Crippen LogP contribution in [-0.2, 0) is 9.53 Å². The van der Waals surface area contributed by atoms with Gasteiger partial charge in [0.15, 0.2) is 5.65 Å². The minimum absolute atomic E-state index is 0.251. The first-order valence-corrected chi connectivity index (χ1v) is 7.69. The van der Waals surface area contributed by atoms with Crippen LogP contribution in [0.1, 0.15) is 20.3 Å². The molecule has 0 aromatic carbocycles. The lowest BCUT2D eigenvalue weighted by molar-refractivity contribution is -0.147. The van der Waals surface area contributed by atoms with Crippen molar-refractivity contribution in [3.8, 4) is 0 Å². The Morgan fingerprint density at radius 1 is 1.48 bits per heavy atom. The van der Waals surface area contributed by atoms with E-state index in [1.807, 2.05) is 13.8 Å². The summed E-state index contributed by atoms with van der Waals surface area (Å²) < 4.78 is 4.88. The molecule has 2 rings (SSSR count). The Hall–Kier alpha value is -1.67. The lowest BCUT2D eigenvalue weighted by Gasteiger charge is -2.27. The number of imidazole rings is 1. The average molecular weight is 309 g/mol. The first-order valence-electron chi connectivity index (χ1n) is 6.71. The number of hydrogen-bond donors (Lipinski definition) is 2. The molecule has 0 aliphatic rings. The highest BCUT2D eigenvalue weighted by molar-refractivity contribution is 7.99. The summed E-state index contributed by atoms with van der Waals surface area (Å²) in [5.74, 6) is 0.475. The number of aromatic nitrogens is 4. The van der Waals surface area contributed by atoms with Gasteiger partial charge in [0.05, 0.1) is 13.4 Å². The van der Waals surface area contributed by atoms with Crippen molar-refractivity contribution in [1.82, 2.24) is 25.3 Å². The highest BCUT2D eigenvalue weighted by Crippen LogP contribution is 2.25. The predicted molar refractivity (Wildman–Crippen MR) is 81.1 cm³/mol. The maximum atomic E-state index is 11.9. The number of thioether (sulfide) groups is 1. The Balaban J connectivity index is 2.02. The van der Waals surface area contributed by atoms with Crippen LogP contribution in [0.2, 0.25) is 0 Å². The van der Waals surface area contributed by atoms with E-state index in [9.17, 15) is 4.79 Å². The van der Waals surface area contributed by atoms with Crippen LogP contribution in [0.15, 0.2) is 17.7 Å². The van der Waals surface area contributed by atoms with Gasteiger partial charge in [-0.3, -0.25) is 4.79 Å². The van der Waals surface area contributed by atoms with Crippen molar-refractivity contribution in [3.05, 3.63) is 12.7 Å². The molecule has 0 fully saturated rings. The van der Waals surface area contributed by atoms with E-state index in [-0.39, 0.29) is 5.97 Å². The number of hydrogen-bond acceptors (Lipinski definition) is 7. The molecule has 114 valence electrons. The topological polar surface area (TPSA) is 92.8 Å². The first kappa shape index (κ1) is 15.7. The van der Waals surface area contributed by atoms with Crippen LogP contribution in [0, 0.1) is 0 Å². The summed E-state index contributed by atoms with van der Waals surface area (Å²) >= 11 is 1.57. The van der Waals surface area contributed by atoms with Crippen LogP contribution in [-0.4, -0.2) is 50.9 Å². The largest absolute Gasteiger partial charge is 0.468 e. The number of carbonyl (C=O) groups excluding carboxylic acids is 1. The molecular formula is C13H19N5O2S. The van der Waals surface area contributed by atoms with Crippen molar-refractivity contribution in [2.75, 3.05) is 19.4 Å². The zero-order valence-electron chi connectivity index (χ0n) is 12.3. The van der Waals surface area contributed by atoms with Crippen molar-refractivity contribution in [1.29, 1.82) is 0 Å². The Kier molecular flexibility index (Phi) is 5.13. The highest BCUT2D eigenvalue weighted by atomic mass is 32.2. The van der Waals surface area contributed by atoms with Crippen molar-refractivity contribution in [2.45, 2.75) is 30.8 Å². The lowest BCUT2D eigenvalue weighted by atomic mass is 9.99. The van der Waals surface area contributed by atoms with Crippen molar-refractivity contribution < 1.29 is 9.53 Å². The molecule has 0 radical (unpaired) electrons. The number of fused-ring (bicyclic) bond motifs is 1. The normalized spacial score (nSPS) is 14.0. The summed E-state index contributed by atoms with van der Waals surface area (Å²) in [6.45, 7) is 4.52. The molecule has 2 N–H and O–H groups in total. The van der Waals surface area contributed by atoms with E-state index in [2.05, 4.69) is 25.3 Å².